The van der Waals surface area contributed by atoms with Gasteiger partial charge in [-0.2, -0.15) is 0 Å². The highest BCUT2D eigenvalue weighted by molar-refractivity contribution is 6.13. The third-order valence-electron chi connectivity index (χ3n) is 6.52. The summed E-state index contributed by atoms with van der Waals surface area (Å²) < 4.78 is 10.8. The van der Waals surface area contributed by atoms with Gasteiger partial charge in [0, 0.05) is 11.1 Å². The number of rotatable bonds is 5. The van der Waals surface area contributed by atoms with Crippen molar-refractivity contribution in [3.63, 3.8) is 0 Å². The number of ketones is 1. The smallest absolute Gasteiger partial charge is 0.264 e. The lowest BCUT2D eigenvalue weighted by atomic mass is 9.87. The van der Waals surface area contributed by atoms with Gasteiger partial charge in [-0.1, -0.05) is 66.7 Å². The highest BCUT2D eigenvalue weighted by Crippen LogP contribution is 2.44. The first-order valence-electron chi connectivity index (χ1n) is 11.1. The molecule has 0 bridgehead atoms. The second kappa shape index (κ2) is 7.71. The highest BCUT2D eigenvalue weighted by atomic mass is 16.7. The van der Waals surface area contributed by atoms with Crippen LogP contribution in [0.25, 0.3) is 10.8 Å². The number of hydrogen-bond donors (Lipinski definition) is 1. The SMILES string of the molecule is O=C(CC1(O)C(=O)N(Cc2ccc3c(c2)OCO3)c2ccccc21)c1cccc2ccccc12. The third kappa shape index (κ3) is 3.15. The Hall–Kier alpha value is -4.16. The van der Waals surface area contributed by atoms with E-state index in [0.29, 0.717) is 28.3 Å². The zero-order valence-electron chi connectivity index (χ0n) is 18.2. The van der Waals surface area contributed by atoms with Crippen molar-refractivity contribution in [3.8, 4) is 11.5 Å². The van der Waals surface area contributed by atoms with Crippen molar-refractivity contribution in [1.29, 1.82) is 0 Å². The van der Waals surface area contributed by atoms with E-state index in [1.54, 1.807) is 30.3 Å². The number of amides is 1. The van der Waals surface area contributed by atoms with Crippen molar-refractivity contribution in [2.45, 2.75) is 18.6 Å². The first-order valence-corrected chi connectivity index (χ1v) is 11.1. The molecule has 0 fully saturated rings. The number of fused-ring (bicyclic) bond motifs is 3. The number of nitrogens with zero attached hydrogens (tertiary/aromatic N) is 1. The van der Waals surface area contributed by atoms with Crippen LogP contribution in [0.2, 0.25) is 0 Å². The van der Waals surface area contributed by atoms with E-state index < -0.39 is 11.5 Å². The molecular weight excluding hydrogens is 430 g/mol. The van der Waals surface area contributed by atoms with Crippen molar-refractivity contribution in [3.05, 3.63) is 102 Å². The standard InChI is InChI=1S/C28H21NO5/c30-24(21-9-5-7-19-6-1-2-8-20(19)21)15-28(32)22-10-3-4-11-23(22)29(27(28)31)16-18-12-13-25-26(14-18)34-17-33-25/h1-14,32H,15-17H2. The van der Waals surface area contributed by atoms with E-state index in [9.17, 15) is 14.7 Å². The molecule has 0 aromatic heterocycles. The third-order valence-corrected chi connectivity index (χ3v) is 6.52. The lowest BCUT2D eigenvalue weighted by molar-refractivity contribution is -0.136. The molecule has 1 atom stereocenters. The van der Waals surface area contributed by atoms with Crippen LogP contribution in [0.3, 0.4) is 0 Å². The minimum atomic E-state index is -1.94. The molecule has 0 aliphatic carbocycles. The molecule has 1 amide bonds. The summed E-state index contributed by atoms with van der Waals surface area (Å²) in [7, 11) is 0. The Kier molecular flexibility index (Phi) is 4.64. The average Bonchev–Trinajstić information content (AvgIpc) is 3.41. The van der Waals surface area contributed by atoms with Crippen molar-refractivity contribution in [2.75, 3.05) is 11.7 Å². The molecule has 2 aliphatic rings. The van der Waals surface area contributed by atoms with Crippen LogP contribution < -0.4 is 14.4 Å². The van der Waals surface area contributed by atoms with Gasteiger partial charge in [0.2, 0.25) is 6.79 Å². The maximum atomic E-state index is 13.6. The van der Waals surface area contributed by atoms with E-state index in [2.05, 4.69) is 0 Å². The van der Waals surface area contributed by atoms with E-state index in [0.717, 1.165) is 16.3 Å². The number of para-hydroxylation sites is 1. The van der Waals surface area contributed by atoms with Crippen LogP contribution in [0.5, 0.6) is 11.5 Å². The average molecular weight is 451 g/mol. The predicted molar refractivity (Wildman–Crippen MR) is 127 cm³/mol. The van der Waals surface area contributed by atoms with Crippen LogP contribution in [0.15, 0.2) is 84.9 Å². The fourth-order valence-electron chi connectivity index (χ4n) is 4.85. The molecule has 1 unspecified atom stereocenters. The molecular formula is C28H21NO5. The first-order chi connectivity index (χ1) is 16.5. The Morgan fingerprint density at radius 3 is 2.59 bits per heavy atom. The number of anilines is 1. The molecule has 2 heterocycles. The molecule has 168 valence electrons. The van der Waals surface area contributed by atoms with Gasteiger partial charge >= 0.3 is 0 Å². The molecule has 2 aliphatic heterocycles. The Balaban J connectivity index is 1.35. The summed E-state index contributed by atoms with van der Waals surface area (Å²) in [5.41, 5.74) is 0.414. The van der Waals surface area contributed by atoms with Crippen LogP contribution in [-0.4, -0.2) is 23.6 Å². The maximum Gasteiger partial charge on any atom is 0.264 e. The van der Waals surface area contributed by atoms with Crippen LogP contribution in [-0.2, 0) is 16.9 Å². The molecule has 0 saturated heterocycles. The summed E-state index contributed by atoms with van der Waals surface area (Å²) in [6.07, 6.45) is -0.339. The van der Waals surface area contributed by atoms with Gasteiger partial charge in [0.05, 0.1) is 18.7 Å². The molecule has 4 aromatic rings. The summed E-state index contributed by atoms with van der Waals surface area (Å²) >= 11 is 0. The molecule has 0 spiro atoms. The fraction of sp³-hybridized carbons (Fsp3) is 0.143. The summed E-state index contributed by atoms with van der Waals surface area (Å²) in [5.74, 6) is 0.486. The Bertz CT molecular complexity index is 1460. The van der Waals surface area contributed by atoms with Gasteiger partial charge < -0.3 is 19.5 Å². The lowest BCUT2D eigenvalue weighted by Gasteiger charge is -2.23. The van der Waals surface area contributed by atoms with Gasteiger partial charge in [0.15, 0.2) is 22.9 Å². The zero-order valence-corrected chi connectivity index (χ0v) is 18.2. The van der Waals surface area contributed by atoms with Gasteiger partial charge in [-0.3, -0.25) is 9.59 Å². The van der Waals surface area contributed by atoms with Crippen LogP contribution in [0, 0.1) is 0 Å². The highest BCUT2D eigenvalue weighted by Gasteiger charge is 2.50. The topological polar surface area (TPSA) is 76.1 Å². The van der Waals surface area contributed by atoms with Crippen LogP contribution in [0.4, 0.5) is 5.69 Å². The van der Waals surface area contributed by atoms with Gasteiger partial charge in [0.25, 0.3) is 5.91 Å². The van der Waals surface area contributed by atoms with Gasteiger partial charge in [0.1, 0.15) is 0 Å². The van der Waals surface area contributed by atoms with Gasteiger partial charge in [-0.15, -0.1) is 0 Å². The van der Waals surface area contributed by atoms with Crippen molar-refractivity contribution in [1.82, 2.24) is 0 Å². The van der Waals surface area contributed by atoms with E-state index in [-0.39, 0.29) is 25.5 Å². The van der Waals surface area contributed by atoms with E-state index in [4.69, 9.17) is 9.47 Å². The number of ether oxygens (including phenoxy) is 2. The summed E-state index contributed by atoms with van der Waals surface area (Å²) in [4.78, 5) is 28.6. The molecule has 6 heteroatoms. The number of aliphatic hydroxyl groups is 1. The van der Waals surface area contributed by atoms with E-state index in [1.165, 1.54) is 4.90 Å². The second-order valence-corrected chi connectivity index (χ2v) is 8.58. The number of hydrogen-bond acceptors (Lipinski definition) is 5. The normalized spacial score (nSPS) is 18.4. The molecule has 4 aromatic carbocycles. The van der Waals surface area contributed by atoms with E-state index >= 15 is 0 Å². The molecule has 0 radical (unpaired) electrons. The molecule has 6 rings (SSSR count). The Morgan fingerprint density at radius 1 is 0.912 bits per heavy atom. The van der Waals surface area contributed by atoms with Crippen molar-refractivity contribution >= 4 is 28.2 Å². The first kappa shape index (κ1) is 20.4. The minimum Gasteiger partial charge on any atom is -0.454 e. The predicted octanol–water partition coefficient (Wildman–Crippen LogP) is 4.58. The van der Waals surface area contributed by atoms with Crippen molar-refractivity contribution < 1.29 is 24.2 Å². The number of Topliss-reactive ketones (excluding diaryl/α,β-unsaturated/α-hetero) is 1. The zero-order chi connectivity index (χ0) is 23.3. The summed E-state index contributed by atoms with van der Waals surface area (Å²) in [6, 6.07) is 25.7. The maximum absolute atomic E-state index is 13.6. The molecule has 6 nitrogen and oxygen atoms in total. The number of carbonyl (C=O) groups is 2. The Morgan fingerprint density at radius 2 is 1.68 bits per heavy atom. The van der Waals surface area contributed by atoms with E-state index in [1.807, 2.05) is 54.6 Å². The van der Waals surface area contributed by atoms with Gasteiger partial charge in [-0.05, 0) is 34.5 Å². The fourth-order valence-corrected chi connectivity index (χ4v) is 4.85. The summed E-state index contributed by atoms with van der Waals surface area (Å²) in [6.45, 7) is 0.400. The number of benzene rings is 4. The molecule has 1 N–H and O–H groups in total. The molecule has 0 saturated carbocycles. The summed E-state index contributed by atoms with van der Waals surface area (Å²) in [5, 5.41) is 13.4. The number of carbonyl (C=O) groups excluding carboxylic acids is 2. The second-order valence-electron chi connectivity index (χ2n) is 8.58. The monoisotopic (exact) mass is 451 g/mol. The Labute approximate surface area is 196 Å². The van der Waals surface area contributed by atoms with Crippen LogP contribution in [0.1, 0.15) is 27.9 Å². The van der Waals surface area contributed by atoms with Crippen molar-refractivity contribution in [2.24, 2.45) is 0 Å². The quantitative estimate of drug-likeness (QED) is 0.450. The lowest BCUT2D eigenvalue weighted by Crippen LogP contribution is -2.41. The molecule has 34 heavy (non-hydrogen) atoms. The van der Waals surface area contributed by atoms with Crippen LogP contribution >= 0.6 is 0 Å². The largest absolute Gasteiger partial charge is 0.454 e. The van der Waals surface area contributed by atoms with Gasteiger partial charge in [-0.25, -0.2) is 0 Å². The minimum absolute atomic E-state index is 0.167.